The number of nitrogens with one attached hydrogen (secondary N) is 2. The fourth-order valence-corrected chi connectivity index (χ4v) is 4.14. The highest BCUT2D eigenvalue weighted by atomic mass is 35.5. The highest BCUT2D eigenvalue weighted by molar-refractivity contribution is 7.13. The average Bonchev–Trinajstić information content (AvgIpc) is 3.32. The Balaban J connectivity index is 1.37. The number of rotatable bonds is 7. The largest absolute Gasteiger partial charge is 0.356 e. The van der Waals surface area contributed by atoms with Crippen LogP contribution in [0.4, 0.5) is 5.13 Å². The van der Waals surface area contributed by atoms with E-state index in [-0.39, 0.29) is 0 Å². The molecule has 1 aliphatic heterocycles. The molecule has 2 N–H and O–H groups in total. The lowest BCUT2D eigenvalue weighted by molar-refractivity contribution is 0.777. The van der Waals surface area contributed by atoms with Crippen molar-refractivity contribution < 1.29 is 0 Å². The summed E-state index contributed by atoms with van der Waals surface area (Å²) >= 11 is 7.77. The number of hydrogen-bond donors (Lipinski definition) is 2. The Morgan fingerprint density at radius 1 is 1.23 bits per heavy atom. The molecule has 0 spiro atoms. The predicted molar refractivity (Wildman–Crippen MR) is 112 cm³/mol. The summed E-state index contributed by atoms with van der Waals surface area (Å²) < 4.78 is 0. The van der Waals surface area contributed by atoms with Crippen LogP contribution in [0.1, 0.15) is 24.1 Å². The molecule has 26 heavy (non-hydrogen) atoms. The van der Waals surface area contributed by atoms with Gasteiger partial charge in [-0.1, -0.05) is 23.7 Å². The van der Waals surface area contributed by atoms with Crippen LogP contribution >= 0.6 is 22.9 Å². The molecule has 140 valence electrons. The van der Waals surface area contributed by atoms with Crippen molar-refractivity contribution in [1.82, 2.24) is 15.6 Å². The Morgan fingerprint density at radius 2 is 2.00 bits per heavy atom. The maximum Gasteiger partial charge on any atom is 0.190 e. The van der Waals surface area contributed by atoms with Crippen molar-refractivity contribution in [2.45, 2.75) is 25.7 Å². The van der Waals surface area contributed by atoms with Crippen LogP contribution in [0.5, 0.6) is 0 Å². The average molecular weight is 392 g/mol. The summed E-state index contributed by atoms with van der Waals surface area (Å²) in [5.41, 5.74) is 2.37. The van der Waals surface area contributed by atoms with E-state index in [1.54, 1.807) is 18.4 Å². The zero-order valence-corrected chi connectivity index (χ0v) is 16.7. The number of aromatic nitrogens is 1. The van der Waals surface area contributed by atoms with E-state index in [0.29, 0.717) is 0 Å². The topological polar surface area (TPSA) is 52.6 Å². The number of nitrogens with zero attached hydrogens (tertiary/aromatic N) is 3. The number of anilines is 1. The highest BCUT2D eigenvalue weighted by Crippen LogP contribution is 2.24. The van der Waals surface area contributed by atoms with Gasteiger partial charge < -0.3 is 15.5 Å². The molecule has 2 aromatic rings. The molecule has 0 radical (unpaired) electrons. The van der Waals surface area contributed by atoms with Gasteiger partial charge in [-0.15, -0.1) is 11.3 Å². The SMILES string of the molecule is CN=C(NCCc1cccc(Cl)c1)NCCc1csc(N2CCCC2)n1. The maximum absolute atomic E-state index is 6.02. The van der Waals surface area contributed by atoms with Crippen molar-refractivity contribution in [2.75, 3.05) is 38.1 Å². The summed E-state index contributed by atoms with van der Waals surface area (Å²) in [5.74, 6) is 0.821. The van der Waals surface area contributed by atoms with Gasteiger partial charge in [-0.25, -0.2) is 4.98 Å². The Bertz CT molecular complexity index is 724. The Hall–Kier alpha value is -1.79. The number of guanidine groups is 1. The summed E-state index contributed by atoms with van der Waals surface area (Å²) in [6.07, 6.45) is 4.38. The first-order valence-electron chi connectivity index (χ1n) is 9.13. The van der Waals surface area contributed by atoms with E-state index in [2.05, 4.69) is 32.0 Å². The van der Waals surface area contributed by atoms with Crippen molar-refractivity contribution in [1.29, 1.82) is 0 Å². The van der Waals surface area contributed by atoms with E-state index in [9.17, 15) is 0 Å². The molecule has 1 aromatic carbocycles. The van der Waals surface area contributed by atoms with Gasteiger partial charge in [0.05, 0.1) is 5.69 Å². The third-order valence-corrected chi connectivity index (χ3v) is 5.59. The molecule has 3 rings (SSSR count). The molecule has 1 aromatic heterocycles. The van der Waals surface area contributed by atoms with Crippen LogP contribution < -0.4 is 15.5 Å². The van der Waals surface area contributed by atoms with Crippen LogP contribution in [0.3, 0.4) is 0 Å². The van der Waals surface area contributed by atoms with E-state index >= 15 is 0 Å². The fraction of sp³-hybridized carbons (Fsp3) is 0.474. The fourth-order valence-electron chi connectivity index (χ4n) is 3.01. The second-order valence-electron chi connectivity index (χ2n) is 6.37. The molecule has 0 atom stereocenters. The van der Waals surface area contributed by atoms with Gasteiger partial charge in [-0.05, 0) is 37.0 Å². The van der Waals surface area contributed by atoms with Gasteiger partial charge >= 0.3 is 0 Å². The van der Waals surface area contributed by atoms with E-state index in [1.807, 2.05) is 18.2 Å². The van der Waals surface area contributed by atoms with E-state index in [4.69, 9.17) is 16.6 Å². The van der Waals surface area contributed by atoms with Crippen molar-refractivity contribution >= 4 is 34.0 Å². The standard InChI is InChI=1S/C19H26ClN5S/c1-21-18(22-9-7-15-5-4-6-16(20)13-15)23-10-8-17-14-26-19(24-17)25-11-2-3-12-25/h4-6,13-14H,2-3,7-12H2,1H3,(H2,21,22,23). The van der Waals surface area contributed by atoms with Gasteiger partial charge in [0.1, 0.15) is 0 Å². The predicted octanol–water partition coefficient (Wildman–Crippen LogP) is 3.35. The summed E-state index contributed by atoms with van der Waals surface area (Å²) in [5, 5.41) is 10.8. The van der Waals surface area contributed by atoms with Gasteiger partial charge in [0, 0.05) is 50.1 Å². The second-order valence-corrected chi connectivity index (χ2v) is 7.64. The minimum atomic E-state index is 0.779. The van der Waals surface area contributed by atoms with Crippen molar-refractivity contribution in [3.05, 3.63) is 45.9 Å². The Kier molecular flexibility index (Phi) is 7.14. The quantitative estimate of drug-likeness (QED) is 0.561. The minimum absolute atomic E-state index is 0.779. The number of benzene rings is 1. The first-order valence-corrected chi connectivity index (χ1v) is 10.4. The number of thiazole rings is 1. The number of hydrogen-bond acceptors (Lipinski definition) is 4. The van der Waals surface area contributed by atoms with Crippen LogP contribution in [0, 0.1) is 0 Å². The van der Waals surface area contributed by atoms with Gasteiger partial charge in [0.25, 0.3) is 0 Å². The number of halogens is 1. The molecule has 5 nitrogen and oxygen atoms in total. The van der Waals surface area contributed by atoms with E-state index < -0.39 is 0 Å². The van der Waals surface area contributed by atoms with E-state index in [1.165, 1.54) is 23.5 Å². The molecule has 0 aliphatic carbocycles. The Labute approximate surface area is 164 Å². The van der Waals surface area contributed by atoms with Crippen LogP contribution in [0.25, 0.3) is 0 Å². The maximum atomic E-state index is 6.02. The normalized spacial score (nSPS) is 14.7. The first-order chi connectivity index (χ1) is 12.7. The smallest absolute Gasteiger partial charge is 0.190 e. The lowest BCUT2D eigenvalue weighted by Crippen LogP contribution is -2.39. The molecular weight excluding hydrogens is 366 g/mol. The van der Waals surface area contributed by atoms with E-state index in [0.717, 1.165) is 55.7 Å². The molecule has 1 aliphatic rings. The van der Waals surface area contributed by atoms with Crippen LogP contribution in [0.15, 0.2) is 34.6 Å². The number of aliphatic imine (C=N–C) groups is 1. The lowest BCUT2D eigenvalue weighted by atomic mass is 10.1. The molecule has 1 fully saturated rings. The molecule has 2 heterocycles. The summed E-state index contributed by atoms with van der Waals surface area (Å²) in [7, 11) is 1.79. The van der Waals surface area contributed by atoms with Gasteiger partial charge in [0.15, 0.2) is 11.1 Å². The third kappa shape index (κ3) is 5.61. The highest BCUT2D eigenvalue weighted by Gasteiger charge is 2.15. The van der Waals surface area contributed by atoms with Crippen LogP contribution in [-0.2, 0) is 12.8 Å². The lowest BCUT2D eigenvalue weighted by Gasteiger charge is -2.12. The molecular formula is C19H26ClN5S. The Morgan fingerprint density at radius 3 is 2.73 bits per heavy atom. The second kappa shape index (κ2) is 9.78. The molecule has 0 unspecified atom stereocenters. The summed E-state index contributed by atoms with van der Waals surface area (Å²) in [4.78, 5) is 11.4. The van der Waals surface area contributed by atoms with Crippen molar-refractivity contribution in [3.63, 3.8) is 0 Å². The molecule has 1 saturated heterocycles. The van der Waals surface area contributed by atoms with Gasteiger partial charge in [-0.2, -0.15) is 0 Å². The third-order valence-electron chi connectivity index (χ3n) is 4.41. The molecule has 7 heteroatoms. The summed E-state index contributed by atoms with van der Waals surface area (Å²) in [6.45, 7) is 3.93. The van der Waals surface area contributed by atoms with Crippen LogP contribution in [0.2, 0.25) is 5.02 Å². The molecule has 0 saturated carbocycles. The first kappa shape index (κ1) is 19.0. The monoisotopic (exact) mass is 391 g/mol. The molecule has 0 amide bonds. The molecule has 0 bridgehead atoms. The van der Waals surface area contributed by atoms with Crippen molar-refractivity contribution in [3.8, 4) is 0 Å². The van der Waals surface area contributed by atoms with Gasteiger partial charge in [0.2, 0.25) is 0 Å². The minimum Gasteiger partial charge on any atom is -0.356 e. The van der Waals surface area contributed by atoms with Crippen LogP contribution in [-0.4, -0.2) is 44.2 Å². The van der Waals surface area contributed by atoms with Gasteiger partial charge in [-0.3, -0.25) is 4.99 Å². The van der Waals surface area contributed by atoms with Crippen molar-refractivity contribution in [2.24, 2.45) is 4.99 Å². The zero-order chi connectivity index (χ0) is 18.2. The summed E-state index contributed by atoms with van der Waals surface area (Å²) in [6, 6.07) is 7.96. The zero-order valence-electron chi connectivity index (χ0n) is 15.2.